The first kappa shape index (κ1) is 11.2. The van der Waals surface area contributed by atoms with Crippen molar-refractivity contribution in [3.05, 3.63) is 58.1 Å². The van der Waals surface area contributed by atoms with E-state index < -0.39 is 4.92 Å². The third kappa shape index (κ3) is 1.89. The van der Waals surface area contributed by atoms with E-state index in [9.17, 15) is 14.9 Å². The van der Waals surface area contributed by atoms with E-state index in [1.165, 1.54) is 18.2 Å². The van der Waals surface area contributed by atoms with Crippen molar-refractivity contribution in [3.63, 3.8) is 0 Å². The molecule has 6 heteroatoms. The van der Waals surface area contributed by atoms with Crippen molar-refractivity contribution >= 4 is 17.3 Å². The Balaban J connectivity index is 2.15. The standard InChI is InChI=1S/C13H8N2O4/c16-13-9-6-5-8(15(17)18)7-12(9)19-11-4-2-1-3-10(11)14-13/h1-7H,(H,14,16). The van der Waals surface area contributed by atoms with E-state index in [-0.39, 0.29) is 22.9 Å². The van der Waals surface area contributed by atoms with E-state index in [0.29, 0.717) is 11.4 Å². The number of anilines is 1. The van der Waals surface area contributed by atoms with E-state index in [1.54, 1.807) is 24.3 Å². The molecule has 0 unspecified atom stereocenters. The molecule has 0 saturated heterocycles. The highest BCUT2D eigenvalue weighted by molar-refractivity contribution is 6.08. The normalized spacial score (nSPS) is 12.5. The zero-order valence-electron chi connectivity index (χ0n) is 9.62. The predicted molar refractivity (Wildman–Crippen MR) is 67.6 cm³/mol. The number of carbonyl (C=O) groups is 1. The lowest BCUT2D eigenvalue weighted by Gasteiger charge is -2.06. The molecule has 0 saturated carbocycles. The largest absolute Gasteiger partial charge is 0.454 e. The SMILES string of the molecule is O=C1Nc2ccccc2Oc2cc([N+](=O)[O-])ccc21. The summed E-state index contributed by atoms with van der Waals surface area (Å²) in [6, 6.07) is 10.8. The van der Waals surface area contributed by atoms with Crippen LogP contribution < -0.4 is 10.1 Å². The maximum atomic E-state index is 12.0. The second-order valence-electron chi connectivity index (χ2n) is 3.99. The number of rotatable bonds is 1. The number of nitrogens with zero attached hydrogens (tertiary/aromatic N) is 1. The van der Waals surface area contributed by atoms with Gasteiger partial charge in [-0.25, -0.2) is 0 Å². The van der Waals surface area contributed by atoms with Gasteiger partial charge in [0.05, 0.1) is 22.2 Å². The summed E-state index contributed by atoms with van der Waals surface area (Å²) in [5.74, 6) is 0.279. The number of hydrogen-bond donors (Lipinski definition) is 1. The molecular formula is C13H8N2O4. The fourth-order valence-corrected chi connectivity index (χ4v) is 1.86. The second-order valence-corrected chi connectivity index (χ2v) is 3.99. The van der Waals surface area contributed by atoms with Gasteiger partial charge < -0.3 is 10.1 Å². The number of nitro groups is 1. The van der Waals surface area contributed by atoms with Gasteiger partial charge in [0.15, 0.2) is 5.75 Å². The van der Waals surface area contributed by atoms with E-state index in [1.807, 2.05) is 0 Å². The molecule has 6 nitrogen and oxygen atoms in total. The van der Waals surface area contributed by atoms with Gasteiger partial charge >= 0.3 is 0 Å². The summed E-state index contributed by atoms with van der Waals surface area (Å²) >= 11 is 0. The Morgan fingerprint density at radius 1 is 1.11 bits per heavy atom. The van der Waals surface area contributed by atoms with Crippen LogP contribution >= 0.6 is 0 Å². The number of carbonyl (C=O) groups excluding carboxylic acids is 1. The molecule has 0 radical (unpaired) electrons. The first-order valence-corrected chi connectivity index (χ1v) is 5.52. The maximum Gasteiger partial charge on any atom is 0.273 e. The summed E-state index contributed by atoms with van der Waals surface area (Å²) in [5.41, 5.74) is 0.680. The van der Waals surface area contributed by atoms with Crippen molar-refractivity contribution in [1.29, 1.82) is 0 Å². The van der Waals surface area contributed by atoms with Crippen LogP contribution in [0, 0.1) is 10.1 Å². The Bertz CT molecular complexity index is 697. The number of para-hydroxylation sites is 2. The number of nitrogens with one attached hydrogen (secondary N) is 1. The number of amides is 1. The Hall–Kier alpha value is -2.89. The molecule has 1 N–H and O–H groups in total. The highest BCUT2D eigenvalue weighted by atomic mass is 16.6. The monoisotopic (exact) mass is 256 g/mol. The Kier molecular flexibility index (Phi) is 2.42. The van der Waals surface area contributed by atoms with Crippen molar-refractivity contribution in [2.45, 2.75) is 0 Å². The van der Waals surface area contributed by atoms with Gasteiger partial charge in [0.25, 0.3) is 11.6 Å². The van der Waals surface area contributed by atoms with Crippen molar-refractivity contribution < 1.29 is 14.5 Å². The van der Waals surface area contributed by atoms with Gasteiger partial charge in [0.2, 0.25) is 0 Å². The Labute approximate surface area is 107 Å². The summed E-state index contributed by atoms with van der Waals surface area (Å²) in [6.07, 6.45) is 0. The lowest BCUT2D eigenvalue weighted by molar-refractivity contribution is -0.384. The maximum absolute atomic E-state index is 12.0. The van der Waals surface area contributed by atoms with Gasteiger partial charge in [-0.2, -0.15) is 0 Å². The topological polar surface area (TPSA) is 81.5 Å². The third-order valence-electron chi connectivity index (χ3n) is 2.78. The fourth-order valence-electron chi connectivity index (χ4n) is 1.86. The van der Waals surface area contributed by atoms with Gasteiger partial charge in [0, 0.05) is 6.07 Å². The number of benzene rings is 2. The van der Waals surface area contributed by atoms with Crippen LogP contribution in [-0.4, -0.2) is 10.8 Å². The minimum Gasteiger partial charge on any atom is -0.454 e. The highest BCUT2D eigenvalue weighted by Crippen LogP contribution is 2.36. The molecule has 0 atom stereocenters. The summed E-state index contributed by atoms with van der Waals surface area (Å²) < 4.78 is 5.58. The van der Waals surface area contributed by atoms with E-state index in [0.717, 1.165) is 0 Å². The minimum absolute atomic E-state index is 0.120. The molecule has 1 amide bonds. The van der Waals surface area contributed by atoms with Gasteiger partial charge in [-0.1, -0.05) is 12.1 Å². The molecule has 19 heavy (non-hydrogen) atoms. The molecule has 1 aliphatic rings. The number of non-ortho nitro benzene ring substituents is 1. The first-order chi connectivity index (χ1) is 9.15. The lowest BCUT2D eigenvalue weighted by Crippen LogP contribution is -2.10. The lowest BCUT2D eigenvalue weighted by atomic mass is 10.1. The minimum atomic E-state index is -0.529. The summed E-state index contributed by atoms with van der Waals surface area (Å²) in [4.78, 5) is 22.2. The third-order valence-corrected chi connectivity index (χ3v) is 2.78. The molecule has 0 fully saturated rings. The van der Waals surface area contributed by atoms with Crippen molar-refractivity contribution in [3.8, 4) is 11.5 Å². The highest BCUT2D eigenvalue weighted by Gasteiger charge is 2.22. The summed E-state index contributed by atoms with van der Waals surface area (Å²) in [6.45, 7) is 0. The Morgan fingerprint density at radius 3 is 2.68 bits per heavy atom. The molecule has 94 valence electrons. The molecule has 2 aromatic carbocycles. The molecule has 1 aliphatic heterocycles. The molecule has 3 rings (SSSR count). The van der Waals surface area contributed by atoms with Gasteiger partial charge in [-0.3, -0.25) is 14.9 Å². The smallest absolute Gasteiger partial charge is 0.273 e. The molecule has 0 aliphatic carbocycles. The van der Waals surface area contributed by atoms with E-state index in [2.05, 4.69) is 5.32 Å². The van der Waals surface area contributed by atoms with Crippen molar-refractivity contribution in [2.24, 2.45) is 0 Å². The van der Waals surface area contributed by atoms with Crippen LogP contribution in [0.3, 0.4) is 0 Å². The number of nitro benzene ring substituents is 1. The zero-order valence-corrected chi connectivity index (χ0v) is 9.62. The van der Waals surface area contributed by atoms with Gasteiger partial charge in [-0.15, -0.1) is 0 Å². The van der Waals surface area contributed by atoms with Crippen LogP contribution in [0.25, 0.3) is 0 Å². The first-order valence-electron chi connectivity index (χ1n) is 5.52. The number of hydrogen-bond acceptors (Lipinski definition) is 4. The molecule has 0 spiro atoms. The average molecular weight is 256 g/mol. The fraction of sp³-hybridized carbons (Fsp3) is 0. The molecule has 0 aromatic heterocycles. The van der Waals surface area contributed by atoms with Crippen LogP contribution in [0.1, 0.15) is 10.4 Å². The quantitative estimate of drug-likeness (QED) is 0.628. The van der Waals surface area contributed by atoms with E-state index >= 15 is 0 Å². The van der Waals surface area contributed by atoms with Crippen LogP contribution in [0.4, 0.5) is 11.4 Å². The zero-order chi connectivity index (χ0) is 13.4. The van der Waals surface area contributed by atoms with E-state index in [4.69, 9.17) is 4.74 Å². The van der Waals surface area contributed by atoms with Gasteiger partial charge in [0.1, 0.15) is 5.75 Å². The molecular weight excluding hydrogens is 248 g/mol. The molecule has 2 aromatic rings. The van der Waals surface area contributed by atoms with Crippen LogP contribution in [0.5, 0.6) is 11.5 Å². The summed E-state index contributed by atoms with van der Waals surface area (Å²) in [7, 11) is 0. The van der Waals surface area contributed by atoms with Crippen molar-refractivity contribution in [2.75, 3.05) is 5.32 Å². The van der Waals surface area contributed by atoms with Gasteiger partial charge in [-0.05, 0) is 18.2 Å². The van der Waals surface area contributed by atoms with Crippen molar-refractivity contribution in [1.82, 2.24) is 0 Å². The van der Waals surface area contributed by atoms with Crippen LogP contribution in [0.15, 0.2) is 42.5 Å². The second kappa shape index (κ2) is 4.09. The molecule has 1 heterocycles. The number of ether oxygens (including phenoxy) is 1. The number of fused-ring (bicyclic) bond motifs is 2. The predicted octanol–water partition coefficient (Wildman–Crippen LogP) is 2.95. The molecule has 0 bridgehead atoms. The average Bonchev–Trinajstić information content (AvgIpc) is 2.54. The Morgan fingerprint density at radius 2 is 1.89 bits per heavy atom. The van der Waals surface area contributed by atoms with Crippen LogP contribution in [-0.2, 0) is 0 Å². The summed E-state index contributed by atoms with van der Waals surface area (Å²) in [5, 5.41) is 13.4. The van der Waals surface area contributed by atoms with Crippen LogP contribution in [0.2, 0.25) is 0 Å².